The lowest BCUT2D eigenvalue weighted by Gasteiger charge is -2.07. The topological polar surface area (TPSA) is 72.0 Å². The van der Waals surface area contributed by atoms with Crippen molar-refractivity contribution < 1.29 is 4.74 Å². The predicted octanol–water partition coefficient (Wildman–Crippen LogP) is 1.93. The van der Waals surface area contributed by atoms with Gasteiger partial charge in [0, 0.05) is 26.8 Å². The van der Waals surface area contributed by atoms with E-state index < -0.39 is 0 Å². The zero-order valence-corrected chi connectivity index (χ0v) is 11.5. The molecule has 0 atom stereocenters. The minimum atomic E-state index is 0.527. The van der Waals surface area contributed by atoms with Crippen LogP contribution in [0.2, 0.25) is 0 Å². The molecule has 6 nitrogen and oxygen atoms in total. The molecule has 0 radical (unpaired) electrons. The quantitative estimate of drug-likeness (QED) is 0.716. The van der Waals surface area contributed by atoms with Gasteiger partial charge in [0.1, 0.15) is 0 Å². The third kappa shape index (κ3) is 4.81. The molecule has 0 unspecified atom stereocenters. The molecule has 20 heavy (non-hydrogen) atoms. The lowest BCUT2D eigenvalue weighted by molar-refractivity contribution is 0.197. The number of nitrogens with one attached hydrogen (secondary N) is 2. The van der Waals surface area contributed by atoms with Gasteiger partial charge in [0.25, 0.3) is 0 Å². The zero-order chi connectivity index (χ0) is 14.0. The van der Waals surface area contributed by atoms with E-state index in [0.29, 0.717) is 24.9 Å². The van der Waals surface area contributed by atoms with Crippen molar-refractivity contribution in [1.29, 1.82) is 0 Å². The van der Waals surface area contributed by atoms with E-state index >= 15 is 0 Å². The Labute approximate surface area is 118 Å². The molecule has 0 aliphatic heterocycles. The molecule has 1 aromatic carbocycles. The Hall–Kier alpha value is -2.21. The van der Waals surface area contributed by atoms with Crippen LogP contribution < -0.4 is 10.6 Å². The van der Waals surface area contributed by atoms with Gasteiger partial charge in [-0.25, -0.2) is 0 Å². The maximum Gasteiger partial charge on any atom is 0.244 e. The first-order chi connectivity index (χ1) is 9.88. The van der Waals surface area contributed by atoms with Crippen LogP contribution in [0, 0.1) is 0 Å². The highest BCUT2D eigenvalue weighted by Crippen LogP contribution is 2.06. The first-order valence-corrected chi connectivity index (χ1v) is 6.59. The van der Waals surface area contributed by atoms with Gasteiger partial charge in [-0.1, -0.05) is 30.3 Å². The molecule has 2 N–H and O–H groups in total. The Balaban J connectivity index is 1.83. The average molecular weight is 273 g/mol. The van der Waals surface area contributed by atoms with E-state index in [1.807, 2.05) is 18.2 Å². The Morgan fingerprint density at radius 2 is 2.00 bits per heavy atom. The van der Waals surface area contributed by atoms with E-state index in [2.05, 4.69) is 37.9 Å². The van der Waals surface area contributed by atoms with Gasteiger partial charge in [0.15, 0.2) is 5.82 Å². The number of methoxy groups -OCH3 is 1. The summed E-state index contributed by atoms with van der Waals surface area (Å²) in [7, 11) is 1.69. The van der Waals surface area contributed by atoms with Crippen LogP contribution >= 0.6 is 0 Å². The predicted molar refractivity (Wildman–Crippen MR) is 78.6 cm³/mol. The first-order valence-electron chi connectivity index (χ1n) is 6.59. The Morgan fingerprint density at radius 3 is 2.80 bits per heavy atom. The fourth-order valence-electron chi connectivity index (χ4n) is 1.67. The molecule has 2 rings (SSSR count). The Kier molecular flexibility index (Phi) is 5.72. The minimum absolute atomic E-state index is 0.527. The molecule has 2 aromatic rings. The molecule has 1 heterocycles. The standard InChI is InChI=1S/C14H19N5O/c1-20-9-5-8-15-14-18-13(11-17-19-14)16-10-12-6-3-2-4-7-12/h2-4,6-7,11H,5,8-10H2,1H3,(H2,15,16,18,19). The molecule has 0 fully saturated rings. The summed E-state index contributed by atoms with van der Waals surface area (Å²) in [5.41, 5.74) is 1.20. The number of anilines is 2. The van der Waals surface area contributed by atoms with Crippen LogP contribution in [0.15, 0.2) is 36.5 Å². The van der Waals surface area contributed by atoms with Crippen molar-refractivity contribution in [2.75, 3.05) is 30.9 Å². The number of nitrogens with zero attached hydrogens (tertiary/aromatic N) is 3. The van der Waals surface area contributed by atoms with Gasteiger partial charge in [-0.3, -0.25) is 0 Å². The summed E-state index contributed by atoms with van der Waals surface area (Å²) in [4.78, 5) is 4.35. The van der Waals surface area contributed by atoms with Gasteiger partial charge >= 0.3 is 0 Å². The normalized spacial score (nSPS) is 10.2. The second-order valence-corrected chi connectivity index (χ2v) is 4.28. The van der Waals surface area contributed by atoms with Crippen LogP contribution in [0.5, 0.6) is 0 Å². The van der Waals surface area contributed by atoms with E-state index in [0.717, 1.165) is 13.0 Å². The van der Waals surface area contributed by atoms with Gasteiger partial charge in [0.05, 0.1) is 6.20 Å². The second-order valence-electron chi connectivity index (χ2n) is 4.28. The van der Waals surface area contributed by atoms with Crippen molar-refractivity contribution in [1.82, 2.24) is 15.2 Å². The summed E-state index contributed by atoms with van der Waals surface area (Å²) in [6.07, 6.45) is 2.52. The van der Waals surface area contributed by atoms with E-state index in [4.69, 9.17) is 4.74 Å². The molecule has 0 saturated carbocycles. The van der Waals surface area contributed by atoms with Crippen molar-refractivity contribution in [3.05, 3.63) is 42.1 Å². The van der Waals surface area contributed by atoms with Crippen LogP contribution in [0.25, 0.3) is 0 Å². The molecular weight excluding hydrogens is 254 g/mol. The van der Waals surface area contributed by atoms with Crippen LogP contribution in [0.4, 0.5) is 11.8 Å². The summed E-state index contributed by atoms with van der Waals surface area (Å²) in [5.74, 6) is 1.23. The summed E-state index contributed by atoms with van der Waals surface area (Å²) in [6.45, 7) is 2.19. The molecular formula is C14H19N5O. The Morgan fingerprint density at radius 1 is 1.15 bits per heavy atom. The van der Waals surface area contributed by atoms with Crippen LogP contribution in [0.1, 0.15) is 12.0 Å². The molecule has 0 bridgehead atoms. The van der Waals surface area contributed by atoms with Crippen LogP contribution in [0.3, 0.4) is 0 Å². The Bertz CT molecular complexity index is 506. The maximum absolute atomic E-state index is 4.98. The van der Waals surface area contributed by atoms with E-state index in [1.54, 1.807) is 13.3 Å². The largest absolute Gasteiger partial charge is 0.385 e. The highest BCUT2D eigenvalue weighted by atomic mass is 16.5. The van der Waals surface area contributed by atoms with Crippen molar-refractivity contribution in [2.45, 2.75) is 13.0 Å². The van der Waals surface area contributed by atoms with E-state index in [1.165, 1.54) is 5.56 Å². The third-order valence-corrected chi connectivity index (χ3v) is 2.68. The van der Waals surface area contributed by atoms with Crippen LogP contribution in [-0.2, 0) is 11.3 Å². The summed E-state index contributed by atoms with van der Waals surface area (Å²) in [5, 5.41) is 14.2. The fourth-order valence-corrected chi connectivity index (χ4v) is 1.67. The van der Waals surface area contributed by atoms with Crippen molar-refractivity contribution in [3.8, 4) is 0 Å². The van der Waals surface area contributed by atoms with E-state index in [-0.39, 0.29) is 0 Å². The SMILES string of the molecule is COCCCNc1nncc(NCc2ccccc2)n1. The molecule has 0 aliphatic carbocycles. The summed E-state index contributed by atoms with van der Waals surface area (Å²) < 4.78 is 4.98. The zero-order valence-electron chi connectivity index (χ0n) is 11.5. The number of benzene rings is 1. The highest BCUT2D eigenvalue weighted by molar-refractivity contribution is 5.37. The van der Waals surface area contributed by atoms with Gasteiger partial charge in [-0.05, 0) is 12.0 Å². The fraction of sp³-hybridized carbons (Fsp3) is 0.357. The molecule has 0 amide bonds. The lowest BCUT2D eigenvalue weighted by atomic mass is 10.2. The van der Waals surface area contributed by atoms with Gasteiger partial charge in [-0.15, -0.1) is 5.10 Å². The van der Waals surface area contributed by atoms with Crippen molar-refractivity contribution >= 4 is 11.8 Å². The number of aromatic nitrogens is 3. The van der Waals surface area contributed by atoms with Crippen molar-refractivity contribution in [3.63, 3.8) is 0 Å². The summed E-state index contributed by atoms with van der Waals surface area (Å²) >= 11 is 0. The number of hydrogen-bond donors (Lipinski definition) is 2. The number of rotatable bonds is 8. The summed E-state index contributed by atoms with van der Waals surface area (Å²) in [6, 6.07) is 10.1. The molecule has 0 aliphatic rings. The molecule has 0 spiro atoms. The van der Waals surface area contributed by atoms with Gasteiger partial charge in [0.2, 0.25) is 5.95 Å². The number of hydrogen-bond acceptors (Lipinski definition) is 6. The molecule has 106 valence electrons. The average Bonchev–Trinajstić information content (AvgIpc) is 2.51. The molecule has 6 heteroatoms. The highest BCUT2D eigenvalue weighted by Gasteiger charge is 2.00. The smallest absolute Gasteiger partial charge is 0.244 e. The maximum atomic E-state index is 4.98. The monoisotopic (exact) mass is 273 g/mol. The third-order valence-electron chi connectivity index (χ3n) is 2.68. The van der Waals surface area contributed by atoms with E-state index in [9.17, 15) is 0 Å². The molecule has 1 aromatic heterocycles. The minimum Gasteiger partial charge on any atom is -0.385 e. The van der Waals surface area contributed by atoms with Gasteiger partial charge < -0.3 is 15.4 Å². The second kappa shape index (κ2) is 8.06. The number of ether oxygens (including phenoxy) is 1. The van der Waals surface area contributed by atoms with Crippen LogP contribution in [-0.4, -0.2) is 35.4 Å². The van der Waals surface area contributed by atoms with Crippen molar-refractivity contribution in [2.24, 2.45) is 0 Å². The molecule has 0 saturated heterocycles. The first kappa shape index (κ1) is 14.2. The van der Waals surface area contributed by atoms with Gasteiger partial charge in [-0.2, -0.15) is 10.1 Å². The lowest BCUT2D eigenvalue weighted by Crippen LogP contribution is -2.10.